The first-order valence-electron chi connectivity index (χ1n) is 10.5. The lowest BCUT2D eigenvalue weighted by molar-refractivity contribution is -0.136. The van der Waals surface area contributed by atoms with Gasteiger partial charge in [0, 0.05) is 11.3 Å². The maximum Gasteiger partial charge on any atom is 0.407 e. The van der Waals surface area contributed by atoms with E-state index in [0.29, 0.717) is 10.7 Å². The number of ether oxygens (including phenoxy) is 1. The fourth-order valence-corrected chi connectivity index (χ4v) is 4.49. The van der Waals surface area contributed by atoms with Crippen molar-refractivity contribution in [3.63, 3.8) is 0 Å². The van der Waals surface area contributed by atoms with Crippen molar-refractivity contribution in [1.82, 2.24) is 15.6 Å². The van der Waals surface area contributed by atoms with E-state index in [0.717, 1.165) is 22.3 Å². The Balaban J connectivity index is 1.21. The first kappa shape index (κ1) is 23.0. The first-order valence-corrected chi connectivity index (χ1v) is 11.4. The van der Waals surface area contributed by atoms with Gasteiger partial charge in [-0.05, 0) is 28.2 Å². The number of hydrogen-bond acceptors (Lipinski definition) is 6. The van der Waals surface area contributed by atoms with Gasteiger partial charge in [-0.25, -0.2) is 9.78 Å². The molecular weight excluding hydrogens is 454 g/mol. The van der Waals surface area contributed by atoms with E-state index in [1.807, 2.05) is 36.4 Å². The van der Waals surface area contributed by atoms with E-state index >= 15 is 0 Å². The molecule has 9 heteroatoms. The van der Waals surface area contributed by atoms with Crippen LogP contribution in [-0.4, -0.2) is 41.2 Å². The summed E-state index contributed by atoms with van der Waals surface area (Å²) in [4.78, 5) is 38.7. The minimum absolute atomic E-state index is 0.0307. The standard InChI is InChI=1S/C25H21N3O5S/c29-22(27-13-23-28-16(15-34-23)12-24(30)31)10-5-11-26-25(32)33-14-21-19-8-3-1-6-17(19)18-7-2-4-9-20(18)21/h1-4,6-9,15,21H,11-14H2,(H,26,32)(H,27,29)(H,30,31). The number of aromatic nitrogens is 1. The van der Waals surface area contributed by atoms with Crippen LogP contribution in [0.3, 0.4) is 0 Å². The van der Waals surface area contributed by atoms with Crippen LogP contribution >= 0.6 is 11.3 Å². The monoisotopic (exact) mass is 475 g/mol. The fraction of sp³-hybridized carbons (Fsp3) is 0.200. The van der Waals surface area contributed by atoms with Gasteiger partial charge in [-0.2, -0.15) is 0 Å². The van der Waals surface area contributed by atoms with Crippen LogP contribution in [0.5, 0.6) is 0 Å². The van der Waals surface area contributed by atoms with Gasteiger partial charge >= 0.3 is 12.1 Å². The number of carbonyl (C=O) groups is 3. The number of rotatable bonds is 7. The molecule has 172 valence electrons. The Morgan fingerprint density at radius 2 is 1.71 bits per heavy atom. The predicted molar refractivity (Wildman–Crippen MR) is 126 cm³/mol. The molecule has 0 saturated carbocycles. The van der Waals surface area contributed by atoms with Crippen LogP contribution in [0.4, 0.5) is 4.79 Å². The molecule has 4 rings (SSSR count). The molecule has 3 N–H and O–H groups in total. The number of aliphatic carboxylic acids is 1. The smallest absolute Gasteiger partial charge is 0.407 e. The molecule has 1 heterocycles. The van der Waals surface area contributed by atoms with Gasteiger partial charge in [-0.15, -0.1) is 11.3 Å². The fourth-order valence-electron chi connectivity index (χ4n) is 3.76. The second-order valence-electron chi connectivity index (χ2n) is 7.47. The SMILES string of the molecule is O=C(O)Cc1csc(CNC(=O)C#CCNC(=O)OCC2c3ccccc3-c3ccccc32)n1. The molecule has 1 aliphatic carbocycles. The van der Waals surface area contributed by atoms with Crippen molar-refractivity contribution >= 4 is 29.3 Å². The van der Waals surface area contributed by atoms with Gasteiger partial charge in [0.15, 0.2) is 0 Å². The zero-order valence-electron chi connectivity index (χ0n) is 18.0. The van der Waals surface area contributed by atoms with Gasteiger partial charge in [0.25, 0.3) is 5.91 Å². The molecule has 34 heavy (non-hydrogen) atoms. The molecule has 0 saturated heterocycles. The molecule has 3 aromatic rings. The number of carbonyl (C=O) groups excluding carboxylic acids is 2. The van der Waals surface area contributed by atoms with Gasteiger partial charge in [0.1, 0.15) is 11.6 Å². The highest BCUT2D eigenvalue weighted by molar-refractivity contribution is 7.09. The number of amides is 2. The summed E-state index contributed by atoms with van der Waals surface area (Å²) in [7, 11) is 0. The van der Waals surface area contributed by atoms with Crippen LogP contribution in [0.15, 0.2) is 53.9 Å². The van der Waals surface area contributed by atoms with E-state index in [9.17, 15) is 14.4 Å². The van der Waals surface area contributed by atoms with Gasteiger partial charge < -0.3 is 20.5 Å². The minimum atomic E-state index is -0.962. The molecule has 1 aliphatic rings. The molecule has 0 atom stereocenters. The Hall–Kier alpha value is -4.16. The number of carboxylic acids is 1. The van der Waals surface area contributed by atoms with Gasteiger partial charge in [-0.3, -0.25) is 9.59 Å². The highest BCUT2D eigenvalue weighted by atomic mass is 32.1. The molecule has 0 unspecified atom stereocenters. The Morgan fingerprint density at radius 3 is 2.38 bits per heavy atom. The summed E-state index contributed by atoms with van der Waals surface area (Å²) in [6, 6.07) is 16.2. The van der Waals surface area contributed by atoms with Gasteiger partial charge in [-0.1, -0.05) is 54.5 Å². The molecule has 0 radical (unpaired) electrons. The third-order valence-corrected chi connectivity index (χ3v) is 6.10. The van der Waals surface area contributed by atoms with Crippen molar-refractivity contribution in [2.45, 2.75) is 18.9 Å². The molecular formula is C25H21N3O5S. The van der Waals surface area contributed by atoms with Crippen LogP contribution in [0.25, 0.3) is 11.1 Å². The van der Waals surface area contributed by atoms with Crippen LogP contribution in [-0.2, 0) is 27.3 Å². The summed E-state index contributed by atoms with van der Waals surface area (Å²) in [5.74, 6) is 3.44. The lowest BCUT2D eigenvalue weighted by Crippen LogP contribution is -2.27. The normalized spacial score (nSPS) is 11.5. The van der Waals surface area contributed by atoms with Crippen molar-refractivity contribution in [3.05, 3.63) is 75.7 Å². The van der Waals surface area contributed by atoms with Gasteiger partial charge in [0.05, 0.1) is 25.2 Å². The quantitative estimate of drug-likeness (QED) is 0.453. The lowest BCUT2D eigenvalue weighted by Gasteiger charge is -2.14. The molecule has 0 aliphatic heterocycles. The third kappa shape index (κ3) is 5.60. The Bertz CT molecular complexity index is 1250. The van der Waals surface area contributed by atoms with E-state index in [-0.39, 0.29) is 32.0 Å². The number of nitrogens with zero attached hydrogens (tertiary/aromatic N) is 1. The zero-order chi connectivity index (χ0) is 23.9. The van der Waals surface area contributed by atoms with Crippen LogP contribution < -0.4 is 10.6 Å². The summed E-state index contributed by atoms with van der Waals surface area (Å²) in [6.07, 6.45) is -0.767. The zero-order valence-corrected chi connectivity index (χ0v) is 18.9. The lowest BCUT2D eigenvalue weighted by atomic mass is 9.98. The largest absolute Gasteiger partial charge is 0.481 e. The summed E-state index contributed by atoms with van der Waals surface area (Å²) >= 11 is 1.26. The second kappa shape index (κ2) is 10.6. The third-order valence-electron chi connectivity index (χ3n) is 5.20. The molecule has 2 amide bonds. The molecule has 0 bridgehead atoms. The summed E-state index contributed by atoms with van der Waals surface area (Å²) in [5, 5.41) is 16.1. The van der Waals surface area contributed by atoms with Crippen LogP contribution in [0.1, 0.15) is 27.7 Å². The number of thiazole rings is 1. The second-order valence-corrected chi connectivity index (χ2v) is 8.41. The Kier molecular flexibility index (Phi) is 7.20. The molecule has 1 aromatic heterocycles. The molecule has 2 aromatic carbocycles. The maximum absolute atomic E-state index is 12.1. The summed E-state index contributed by atoms with van der Waals surface area (Å²) in [5.41, 5.74) is 5.01. The van der Waals surface area contributed by atoms with Crippen LogP contribution in [0.2, 0.25) is 0 Å². The topological polar surface area (TPSA) is 118 Å². The number of hydrogen-bond donors (Lipinski definition) is 3. The van der Waals surface area contributed by atoms with Crippen molar-refractivity contribution in [2.75, 3.05) is 13.2 Å². The minimum Gasteiger partial charge on any atom is -0.481 e. The van der Waals surface area contributed by atoms with E-state index < -0.39 is 18.0 Å². The first-order chi connectivity index (χ1) is 16.5. The van der Waals surface area contributed by atoms with Crippen molar-refractivity contribution in [3.8, 4) is 23.0 Å². The highest BCUT2D eigenvalue weighted by Gasteiger charge is 2.28. The van der Waals surface area contributed by atoms with Crippen molar-refractivity contribution < 1.29 is 24.2 Å². The number of carboxylic acid groups (broad SMARTS) is 1. The summed E-state index contributed by atoms with van der Waals surface area (Å²) in [6.45, 7) is 0.313. The number of benzene rings is 2. The summed E-state index contributed by atoms with van der Waals surface area (Å²) < 4.78 is 5.41. The van der Waals surface area contributed by atoms with E-state index in [1.54, 1.807) is 5.38 Å². The van der Waals surface area contributed by atoms with E-state index in [2.05, 4.69) is 39.6 Å². The Morgan fingerprint density at radius 1 is 1.03 bits per heavy atom. The van der Waals surface area contributed by atoms with Crippen LogP contribution in [0, 0.1) is 11.8 Å². The Labute approximate surface area is 200 Å². The molecule has 8 nitrogen and oxygen atoms in total. The van der Waals surface area contributed by atoms with Crippen molar-refractivity contribution in [2.24, 2.45) is 0 Å². The average molecular weight is 476 g/mol. The molecule has 0 fully saturated rings. The number of fused-ring (bicyclic) bond motifs is 3. The predicted octanol–water partition coefficient (Wildman–Crippen LogP) is 2.93. The van der Waals surface area contributed by atoms with Crippen molar-refractivity contribution in [1.29, 1.82) is 0 Å². The average Bonchev–Trinajstić information content (AvgIpc) is 3.41. The van der Waals surface area contributed by atoms with E-state index in [4.69, 9.17) is 9.84 Å². The number of nitrogens with one attached hydrogen (secondary N) is 2. The maximum atomic E-state index is 12.1. The van der Waals surface area contributed by atoms with Gasteiger partial charge in [0.2, 0.25) is 0 Å². The highest BCUT2D eigenvalue weighted by Crippen LogP contribution is 2.44. The number of alkyl carbamates (subject to hydrolysis) is 1. The van der Waals surface area contributed by atoms with E-state index in [1.165, 1.54) is 11.3 Å². The molecule has 0 spiro atoms.